The van der Waals surface area contributed by atoms with E-state index in [1.807, 2.05) is 18.2 Å². The van der Waals surface area contributed by atoms with Crippen LogP contribution >= 0.6 is 0 Å². The average Bonchev–Trinajstić information content (AvgIpc) is 2.74. The van der Waals surface area contributed by atoms with Gasteiger partial charge in [0, 0.05) is 17.2 Å². The molecular weight excluding hydrogens is 210 g/mol. The molecular formula is C14H15N3. The molecule has 3 rings (SSSR count). The molecule has 0 fully saturated rings. The quantitative estimate of drug-likeness (QED) is 0.781. The fourth-order valence-corrected chi connectivity index (χ4v) is 2.36. The van der Waals surface area contributed by atoms with Crippen molar-refractivity contribution in [1.29, 1.82) is 0 Å². The van der Waals surface area contributed by atoms with E-state index in [0.717, 1.165) is 11.5 Å². The molecule has 86 valence electrons. The van der Waals surface area contributed by atoms with Gasteiger partial charge in [-0.2, -0.15) is 5.10 Å². The van der Waals surface area contributed by atoms with Crippen molar-refractivity contribution in [3.8, 4) is 11.3 Å². The molecule has 1 aliphatic rings. The second kappa shape index (κ2) is 3.77. The van der Waals surface area contributed by atoms with Gasteiger partial charge in [-0.25, -0.2) is 0 Å². The third-order valence-corrected chi connectivity index (χ3v) is 3.09. The SMILES string of the molecule is CC1=CC(C)Nc2n[nH]c(-c3ccccc3)c21. The van der Waals surface area contributed by atoms with Crippen molar-refractivity contribution in [2.45, 2.75) is 19.9 Å². The minimum atomic E-state index is 0.342. The number of H-pyrrole nitrogens is 1. The molecule has 2 N–H and O–H groups in total. The van der Waals surface area contributed by atoms with Crippen LogP contribution in [0.25, 0.3) is 16.8 Å². The number of allylic oxidation sites excluding steroid dienone is 1. The number of aromatic nitrogens is 2. The predicted molar refractivity (Wildman–Crippen MR) is 70.8 cm³/mol. The molecule has 0 radical (unpaired) electrons. The van der Waals surface area contributed by atoms with Crippen LogP contribution in [0.2, 0.25) is 0 Å². The third kappa shape index (κ3) is 1.64. The minimum Gasteiger partial charge on any atom is -0.362 e. The number of hydrogen-bond donors (Lipinski definition) is 2. The Morgan fingerprint density at radius 3 is 2.71 bits per heavy atom. The predicted octanol–water partition coefficient (Wildman–Crippen LogP) is 3.29. The fraction of sp³-hybridized carbons (Fsp3) is 0.214. The average molecular weight is 225 g/mol. The Balaban J connectivity index is 2.15. The Morgan fingerprint density at radius 1 is 1.18 bits per heavy atom. The Hall–Kier alpha value is -2.03. The molecule has 0 aliphatic carbocycles. The first-order valence-corrected chi connectivity index (χ1v) is 5.85. The van der Waals surface area contributed by atoms with Gasteiger partial charge in [0.25, 0.3) is 0 Å². The highest BCUT2D eigenvalue weighted by atomic mass is 15.2. The van der Waals surface area contributed by atoms with Crippen molar-refractivity contribution in [2.75, 3.05) is 5.32 Å². The number of benzene rings is 1. The monoisotopic (exact) mass is 225 g/mol. The van der Waals surface area contributed by atoms with Crippen LogP contribution in [-0.4, -0.2) is 16.2 Å². The first-order valence-electron chi connectivity index (χ1n) is 5.85. The highest BCUT2D eigenvalue weighted by Crippen LogP contribution is 2.35. The summed E-state index contributed by atoms with van der Waals surface area (Å²) in [5.41, 5.74) is 4.73. The Bertz CT molecular complexity index is 566. The number of rotatable bonds is 1. The highest BCUT2D eigenvalue weighted by molar-refractivity contribution is 5.86. The summed E-state index contributed by atoms with van der Waals surface area (Å²) in [6.45, 7) is 4.27. The first-order chi connectivity index (χ1) is 8.25. The second-order valence-corrected chi connectivity index (χ2v) is 4.47. The Morgan fingerprint density at radius 2 is 1.94 bits per heavy atom. The van der Waals surface area contributed by atoms with Crippen molar-refractivity contribution >= 4 is 11.4 Å². The summed E-state index contributed by atoms with van der Waals surface area (Å²) in [7, 11) is 0. The summed E-state index contributed by atoms with van der Waals surface area (Å²) in [6.07, 6.45) is 2.23. The van der Waals surface area contributed by atoms with Gasteiger partial charge in [0.1, 0.15) is 0 Å². The lowest BCUT2D eigenvalue weighted by atomic mass is 9.98. The summed E-state index contributed by atoms with van der Waals surface area (Å²) < 4.78 is 0. The number of aromatic amines is 1. The van der Waals surface area contributed by atoms with Crippen LogP contribution in [0.5, 0.6) is 0 Å². The number of fused-ring (bicyclic) bond motifs is 1. The summed E-state index contributed by atoms with van der Waals surface area (Å²) >= 11 is 0. The summed E-state index contributed by atoms with van der Waals surface area (Å²) in [4.78, 5) is 0. The lowest BCUT2D eigenvalue weighted by Crippen LogP contribution is -2.17. The molecule has 0 saturated carbocycles. The minimum absolute atomic E-state index is 0.342. The maximum Gasteiger partial charge on any atom is 0.156 e. The van der Waals surface area contributed by atoms with Gasteiger partial charge in [-0.1, -0.05) is 36.4 Å². The van der Waals surface area contributed by atoms with Crippen molar-refractivity contribution < 1.29 is 0 Å². The van der Waals surface area contributed by atoms with Crippen molar-refractivity contribution in [3.05, 3.63) is 42.0 Å². The molecule has 0 spiro atoms. The van der Waals surface area contributed by atoms with Crippen LogP contribution in [0.3, 0.4) is 0 Å². The molecule has 3 nitrogen and oxygen atoms in total. The molecule has 1 aromatic heterocycles. The Kier molecular flexibility index (Phi) is 2.25. The normalized spacial score (nSPS) is 18.2. The van der Waals surface area contributed by atoms with Gasteiger partial charge in [0.2, 0.25) is 0 Å². The second-order valence-electron chi connectivity index (χ2n) is 4.47. The van der Waals surface area contributed by atoms with Crippen LogP contribution < -0.4 is 5.32 Å². The number of hydrogen-bond acceptors (Lipinski definition) is 2. The fourth-order valence-electron chi connectivity index (χ4n) is 2.36. The summed E-state index contributed by atoms with van der Waals surface area (Å²) in [6, 6.07) is 10.6. The van der Waals surface area contributed by atoms with Gasteiger partial charge in [-0.05, 0) is 19.4 Å². The van der Waals surface area contributed by atoms with E-state index in [1.165, 1.54) is 16.7 Å². The van der Waals surface area contributed by atoms with Gasteiger partial charge in [0.05, 0.1) is 5.69 Å². The van der Waals surface area contributed by atoms with E-state index in [2.05, 4.69) is 47.6 Å². The van der Waals surface area contributed by atoms with Crippen LogP contribution in [-0.2, 0) is 0 Å². The van der Waals surface area contributed by atoms with Crippen LogP contribution in [0.4, 0.5) is 5.82 Å². The summed E-state index contributed by atoms with van der Waals surface area (Å²) in [5.74, 6) is 0.955. The maximum absolute atomic E-state index is 4.36. The van der Waals surface area contributed by atoms with Gasteiger partial charge < -0.3 is 5.32 Å². The van der Waals surface area contributed by atoms with E-state index in [9.17, 15) is 0 Å². The van der Waals surface area contributed by atoms with Crippen molar-refractivity contribution in [2.24, 2.45) is 0 Å². The molecule has 1 atom stereocenters. The third-order valence-electron chi connectivity index (χ3n) is 3.09. The molecule has 1 aliphatic heterocycles. The topological polar surface area (TPSA) is 40.7 Å². The Labute approximate surface area is 101 Å². The van der Waals surface area contributed by atoms with E-state index >= 15 is 0 Å². The standard InChI is InChI=1S/C14H15N3/c1-9-8-10(2)15-14-12(9)13(16-17-14)11-6-4-3-5-7-11/h3-8,10H,1-2H3,(H2,15,16,17). The van der Waals surface area contributed by atoms with E-state index in [-0.39, 0.29) is 0 Å². The van der Waals surface area contributed by atoms with Gasteiger partial charge in [0.15, 0.2) is 5.82 Å². The zero-order valence-corrected chi connectivity index (χ0v) is 9.99. The van der Waals surface area contributed by atoms with Crippen LogP contribution in [0.1, 0.15) is 19.4 Å². The van der Waals surface area contributed by atoms with E-state index < -0.39 is 0 Å². The number of nitrogens with zero attached hydrogens (tertiary/aromatic N) is 1. The lowest BCUT2D eigenvalue weighted by molar-refractivity contribution is 0.958. The zero-order chi connectivity index (χ0) is 11.8. The largest absolute Gasteiger partial charge is 0.362 e. The van der Waals surface area contributed by atoms with Crippen LogP contribution in [0.15, 0.2) is 36.4 Å². The van der Waals surface area contributed by atoms with Crippen LogP contribution in [0, 0.1) is 0 Å². The maximum atomic E-state index is 4.36. The number of nitrogens with one attached hydrogen (secondary N) is 2. The van der Waals surface area contributed by atoms with Crippen molar-refractivity contribution in [1.82, 2.24) is 10.2 Å². The van der Waals surface area contributed by atoms with Gasteiger partial charge in [-0.15, -0.1) is 0 Å². The first kappa shape index (κ1) is 10.1. The van der Waals surface area contributed by atoms with Gasteiger partial charge in [-0.3, -0.25) is 5.10 Å². The smallest absolute Gasteiger partial charge is 0.156 e. The van der Waals surface area contributed by atoms with E-state index in [0.29, 0.717) is 6.04 Å². The molecule has 1 unspecified atom stereocenters. The molecule has 0 saturated heterocycles. The van der Waals surface area contributed by atoms with E-state index in [4.69, 9.17) is 0 Å². The molecule has 2 heterocycles. The number of anilines is 1. The van der Waals surface area contributed by atoms with Gasteiger partial charge >= 0.3 is 0 Å². The molecule has 3 heteroatoms. The van der Waals surface area contributed by atoms with E-state index in [1.54, 1.807) is 0 Å². The van der Waals surface area contributed by atoms with Crippen molar-refractivity contribution in [3.63, 3.8) is 0 Å². The molecule has 2 aromatic rings. The molecule has 0 amide bonds. The molecule has 17 heavy (non-hydrogen) atoms. The molecule has 0 bridgehead atoms. The lowest BCUT2D eigenvalue weighted by Gasteiger charge is -2.18. The molecule has 1 aromatic carbocycles. The zero-order valence-electron chi connectivity index (χ0n) is 9.99. The summed E-state index contributed by atoms with van der Waals surface area (Å²) in [5, 5.41) is 10.8. The highest BCUT2D eigenvalue weighted by Gasteiger charge is 2.20.